The van der Waals surface area contributed by atoms with Crippen LogP contribution in [0.2, 0.25) is 0 Å². The lowest BCUT2D eigenvalue weighted by Crippen LogP contribution is -2.47. The van der Waals surface area contributed by atoms with E-state index >= 15 is 0 Å². The van der Waals surface area contributed by atoms with Crippen LogP contribution in [0.3, 0.4) is 0 Å². The van der Waals surface area contributed by atoms with Crippen LogP contribution < -0.4 is 4.72 Å². The molecule has 11 heteroatoms. The van der Waals surface area contributed by atoms with Gasteiger partial charge in [-0.05, 0) is 60.5 Å². The first-order chi connectivity index (χ1) is 15.5. The molecule has 0 aliphatic heterocycles. The summed E-state index contributed by atoms with van der Waals surface area (Å²) in [6.07, 6.45) is -5.64. The smallest absolute Gasteiger partial charge is 0.288 e. The van der Waals surface area contributed by atoms with Gasteiger partial charge in [0.05, 0.1) is 22.3 Å². The van der Waals surface area contributed by atoms with E-state index in [9.17, 15) is 26.4 Å². The lowest BCUT2D eigenvalue weighted by Gasteiger charge is -2.19. The lowest BCUT2D eigenvalue weighted by atomic mass is 10.0. The minimum Gasteiger partial charge on any atom is -0.288 e. The molecule has 0 bridgehead atoms. The Morgan fingerprint density at radius 2 is 1.39 bits per heavy atom. The summed E-state index contributed by atoms with van der Waals surface area (Å²) in [6, 6.07) is 17.9. The Morgan fingerprint density at radius 3 is 1.91 bits per heavy atom. The molecule has 0 saturated heterocycles. The van der Waals surface area contributed by atoms with E-state index in [1.54, 1.807) is 42.5 Å². The van der Waals surface area contributed by atoms with Crippen LogP contribution in [0.1, 0.15) is 5.56 Å². The molecule has 3 aromatic rings. The van der Waals surface area contributed by atoms with Crippen molar-refractivity contribution in [3.05, 3.63) is 88.9 Å². The molecule has 0 aromatic heterocycles. The average Bonchev–Trinajstić information content (AvgIpc) is 2.78. The standard InChI is InChI=1S/C22H17BrF3N3O3S/c23-16-6-8-17(9-7-16)27-28-18-10-12-19(13-11-18)33(31,32)29-20(21(30)22(24,25)26)14-15-4-2-1-3-5-15/h1-13,20,29H,14H2. The average molecular weight is 540 g/mol. The van der Waals surface area contributed by atoms with Crippen molar-refractivity contribution in [2.75, 3.05) is 0 Å². The largest absolute Gasteiger partial charge is 0.451 e. The molecule has 0 saturated carbocycles. The van der Waals surface area contributed by atoms with Crippen molar-refractivity contribution in [1.82, 2.24) is 4.72 Å². The number of carbonyl (C=O) groups excluding carboxylic acids is 1. The predicted octanol–water partition coefficient (Wildman–Crippen LogP) is 5.89. The molecule has 1 N–H and O–H groups in total. The van der Waals surface area contributed by atoms with Crippen LogP contribution in [0.4, 0.5) is 24.5 Å². The molecule has 0 amide bonds. The number of benzene rings is 3. The molecular weight excluding hydrogens is 523 g/mol. The van der Waals surface area contributed by atoms with E-state index in [0.29, 0.717) is 16.9 Å². The highest BCUT2D eigenvalue weighted by molar-refractivity contribution is 9.10. The first-order valence-corrected chi connectivity index (χ1v) is 11.8. The fraction of sp³-hybridized carbons (Fsp3) is 0.136. The van der Waals surface area contributed by atoms with E-state index in [4.69, 9.17) is 0 Å². The highest BCUT2D eigenvalue weighted by atomic mass is 79.9. The zero-order valence-electron chi connectivity index (χ0n) is 16.8. The molecular formula is C22H17BrF3N3O3S. The Morgan fingerprint density at radius 1 is 0.879 bits per heavy atom. The highest BCUT2D eigenvalue weighted by Crippen LogP contribution is 2.24. The predicted molar refractivity (Wildman–Crippen MR) is 120 cm³/mol. The van der Waals surface area contributed by atoms with Gasteiger partial charge in [0.25, 0.3) is 5.78 Å². The third-order valence-corrected chi connectivity index (χ3v) is 6.45. The zero-order chi connectivity index (χ0) is 24.1. The monoisotopic (exact) mass is 539 g/mol. The fourth-order valence-electron chi connectivity index (χ4n) is 2.81. The maximum absolute atomic E-state index is 13.1. The van der Waals surface area contributed by atoms with Gasteiger partial charge in [0.15, 0.2) is 0 Å². The van der Waals surface area contributed by atoms with Crippen LogP contribution in [-0.2, 0) is 21.2 Å². The van der Waals surface area contributed by atoms with Gasteiger partial charge in [0.2, 0.25) is 10.0 Å². The topological polar surface area (TPSA) is 88.0 Å². The van der Waals surface area contributed by atoms with Crippen molar-refractivity contribution in [1.29, 1.82) is 0 Å². The van der Waals surface area contributed by atoms with Crippen molar-refractivity contribution in [3.8, 4) is 0 Å². The van der Waals surface area contributed by atoms with Crippen molar-refractivity contribution in [3.63, 3.8) is 0 Å². The number of carbonyl (C=O) groups is 1. The summed E-state index contributed by atoms with van der Waals surface area (Å²) in [5.41, 5.74) is 1.29. The van der Waals surface area contributed by atoms with Crippen LogP contribution in [0.25, 0.3) is 0 Å². The normalized spacial score (nSPS) is 13.2. The second-order valence-corrected chi connectivity index (χ2v) is 9.53. The first kappa shape index (κ1) is 24.7. The van der Waals surface area contributed by atoms with Gasteiger partial charge in [0.1, 0.15) is 0 Å². The summed E-state index contributed by atoms with van der Waals surface area (Å²) in [7, 11) is -4.42. The van der Waals surface area contributed by atoms with Crippen LogP contribution in [0.15, 0.2) is 98.5 Å². The number of azo groups is 1. The second-order valence-electron chi connectivity index (χ2n) is 6.90. The number of nitrogens with one attached hydrogen (secondary N) is 1. The molecule has 0 radical (unpaired) electrons. The fourth-order valence-corrected chi connectivity index (χ4v) is 4.27. The SMILES string of the molecule is O=C(C(Cc1ccccc1)NS(=O)(=O)c1ccc(N=Nc2ccc(Br)cc2)cc1)C(F)(F)F. The number of hydrogen-bond donors (Lipinski definition) is 1. The van der Waals surface area contributed by atoms with E-state index < -0.39 is 34.4 Å². The van der Waals surface area contributed by atoms with Crippen LogP contribution in [-0.4, -0.2) is 26.4 Å². The maximum Gasteiger partial charge on any atom is 0.451 e. The Bertz CT molecular complexity index is 1230. The van der Waals surface area contributed by atoms with E-state index in [1.807, 2.05) is 4.72 Å². The molecule has 6 nitrogen and oxygen atoms in total. The van der Waals surface area contributed by atoms with Crippen LogP contribution in [0, 0.1) is 0 Å². The molecule has 0 aliphatic rings. The summed E-state index contributed by atoms with van der Waals surface area (Å²) >= 11 is 3.30. The van der Waals surface area contributed by atoms with Gasteiger partial charge in [-0.2, -0.15) is 28.1 Å². The number of nitrogens with zero attached hydrogens (tertiary/aromatic N) is 2. The molecule has 3 aromatic carbocycles. The van der Waals surface area contributed by atoms with Gasteiger partial charge < -0.3 is 0 Å². The Balaban J connectivity index is 1.78. The quantitative estimate of drug-likeness (QED) is 0.362. The summed E-state index contributed by atoms with van der Waals surface area (Å²) in [5.74, 6) is -2.17. The number of Topliss-reactive ketones (excluding diaryl/α,β-unsaturated/α-hetero) is 1. The molecule has 0 fully saturated rings. The molecule has 33 heavy (non-hydrogen) atoms. The number of rotatable bonds is 8. The summed E-state index contributed by atoms with van der Waals surface area (Å²) in [6.45, 7) is 0. The third kappa shape index (κ3) is 7.04. The van der Waals surface area contributed by atoms with Crippen molar-refractivity contribution >= 4 is 43.1 Å². The van der Waals surface area contributed by atoms with Gasteiger partial charge in [-0.3, -0.25) is 4.79 Å². The van der Waals surface area contributed by atoms with E-state index in [1.165, 1.54) is 36.4 Å². The molecule has 0 aliphatic carbocycles. The second kappa shape index (κ2) is 10.4. The first-order valence-electron chi connectivity index (χ1n) is 9.49. The molecule has 1 atom stereocenters. The molecule has 3 rings (SSSR count). The van der Waals surface area contributed by atoms with Gasteiger partial charge in [-0.1, -0.05) is 46.3 Å². The van der Waals surface area contributed by atoms with E-state index in [-0.39, 0.29) is 4.90 Å². The Hall–Kier alpha value is -2.89. The summed E-state index contributed by atoms with van der Waals surface area (Å²) < 4.78 is 67.4. The van der Waals surface area contributed by atoms with Gasteiger partial charge in [0, 0.05) is 4.47 Å². The molecule has 1 unspecified atom stereocenters. The third-order valence-electron chi connectivity index (χ3n) is 4.43. The maximum atomic E-state index is 13.1. The number of hydrogen-bond acceptors (Lipinski definition) is 5. The summed E-state index contributed by atoms with van der Waals surface area (Å²) in [4.78, 5) is 11.6. The summed E-state index contributed by atoms with van der Waals surface area (Å²) in [5, 5.41) is 8.02. The number of ketones is 1. The van der Waals surface area contributed by atoms with Gasteiger partial charge in [-0.15, -0.1) is 0 Å². The molecule has 172 valence electrons. The Labute approximate surface area is 196 Å². The lowest BCUT2D eigenvalue weighted by molar-refractivity contribution is -0.172. The minimum atomic E-state index is -5.20. The zero-order valence-corrected chi connectivity index (χ0v) is 19.2. The van der Waals surface area contributed by atoms with E-state index in [2.05, 4.69) is 26.2 Å². The highest BCUT2D eigenvalue weighted by Gasteiger charge is 2.44. The molecule has 0 heterocycles. The number of sulfonamides is 1. The van der Waals surface area contributed by atoms with Gasteiger partial charge in [-0.25, -0.2) is 8.42 Å². The van der Waals surface area contributed by atoms with Crippen molar-refractivity contribution in [2.45, 2.75) is 23.5 Å². The van der Waals surface area contributed by atoms with E-state index in [0.717, 1.165) is 4.47 Å². The van der Waals surface area contributed by atoms with Gasteiger partial charge >= 0.3 is 6.18 Å². The van der Waals surface area contributed by atoms with Crippen LogP contribution in [0.5, 0.6) is 0 Å². The number of alkyl halides is 3. The number of halogens is 4. The Kier molecular flexibility index (Phi) is 7.77. The molecule has 0 spiro atoms. The van der Waals surface area contributed by atoms with Crippen molar-refractivity contribution in [2.24, 2.45) is 10.2 Å². The van der Waals surface area contributed by atoms with Crippen molar-refractivity contribution < 1.29 is 26.4 Å². The minimum absolute atomic E-state index is 0.307. The van der Waals surface area contributed by atoms with Crippen LogP contribution >= 0.6 is 15.9 Å².